The lowest BCUT2D eigenvalue weighted by molar-refractivity contribution is 0.551. The first-order chi connectivity index (χ1) is 11.1. The van der Waals surface area contributed by atoms with Crippen LogP contribution in [0.5, 0.6) is 0 Å². The molecule has 0 fully saturated rings. The van der Waals surface area contributed by atoms with Crippen LogP contribution in [0.4, 0.5) is 4.39 Å². The molecule has 1 atom stereocenters. The van der Waals surface area contributed by atoms with Gasteiger partial charge >= 0.3 is 0 Å². The van der Waals surface area contributed by atoms with E-state index in [9.17, 15) is 4.39 Å². The van der Waals surface area contributed by atoms with Crippen LogP contribution in [0.15, 0.2) is 60.9 Å². The fraction of sp³-hybridized carbons (Fsp3) is 0.211. The normalized spacial score (nSPS) is 12.3. The molecule has 4 heteroatoms. The van der Waals surface area contributed by atoms with Gasteiger partial charge in [0.25, 0.3) is 0 Å². The van der Waals surface area contributed by atoms with Crippen molar-refractivity contribution >= 4 is 0 Å². The summed E-state index contributed by atoms with van der Waals surface area (Å²) in [4.78, 5) is 4.43. The quantitative estimate of drug-likeness (QED) is 0.778. The van der Waals surface area contributed by atoms with Gasteiger partial charge in [0, 0.05) is 26.0 Å². The van der Waals surface area contributed by atoms with Crippen LogP contribution >= 0.6 is 0 Å². The Hall–Kier alpha value is -2.46. The summed E-state index contributed by atoms with van der Waals surface area (Å²) < 4.78 is 15.6. The monoisotopic (exact) mass is 309 g/mol. The largest absolute Gasteiger partial charge is 0.336 e. The molecule has 0 unspecified atom stereocenters. The van der Waals surface area contributed by atoms with Gasteiger partial charge in [-0.1, -0.05) is 42.0 Å². The summed E-state index contributed by atoms with van der Waals surface area (Å²) in [7, 11) is 1.95. The second-order valence-corrected chi connectivity index (χ2v) is 5.75. The molecule has 0 spiro atoms. The van der Waals surface area contributed by atoms with Crippen molar-refractivity contribution in [2.45, 2.75) is 19.5 Å². The van der Waals surface area contributed by atoms with E-state index in [1.54, 1.807) is 18.3 Å². The summed E-state index contributed by atoms with van der Waals surface area (Å²) in [6.45, 7) is 2.77. The molecule has 2 aromatic carbocycles. The molecule has 1 heterocycles. The summed E-state index contributed by atoms with van der Waals surface area (Å²) in [5, 5.41) is 3.50. The van der Waals surface area contributed by atoms with Gasteiger partial charge in [-0.3, -0.25) is 5.32 Å². The molecule has 3 rings (SSSR count). The van der Waals surface area contributed by atoms with Gasteiger partial charge in [0.15, 0.2) is 0 Å². The van der Waals surface area contributed by atoms with Gasteiger partial charge in [-0.05, 0) is 30.2 Å². The SMILES string of the molecule is Cc1cccc(CN[C@H](c2cccc(F)c2)c2nccn2C)c1. The number of hydrogen-bond donors (Lipinski definition) is 1. The Morgan fingerprint density at radius 1 is 1.17 bits per heavy atom. The molecule has 0 aliphatic rings. The summed E-state index contributed by atoms with van der Waals surface area (Å²) in [5.74, 6) is 0.627. The van der Waals surface area contributed by atoms with Crippen LogP contribution in [-0.4, -0.2) is 9.55 Å². The summed E-state index contributed by atoms with van der Waals surface area (Å²) in [6.07, 6.45) is 3.66. The van der Waals surface area contributed by atoms with Crippen LogP contribution in [0.1, 0.15) is 28.6 Å². The molecule has 0 aliphatic heterocycles. The van der Waals surface area contributed by atoms with Crippen LogP contribution < -0.4 is 5.32 Å². The first-order valence-electron chi connectivity index (χ1n) is 7.65. The zero-order valence-electron chi connectivity index (χ0n) is 13.3. The van der Waals surface area contributed by atoms with E-state index in [0.29, 0.717) is 6.54 Å². The third-order valence-electron chi connectivity index (χ3n) is 3.89. The minimum absolute atomic E-state index is 0.161. The second-order valence-electron chi connectivity index (χ2n) is 5.75. The van der Waals surface area contributed by atoms with Gasteiger partial charge in [0.05, 0.1) is 6.04 Å². The molecule has 23 heavy (non-hydrogen) atoms. The Morgan fingerprint density at radius 2 is 2.00 bits per heavy atom. The standard InChI is InChI=1S/C19H20FN3/c1-14-5-3-6-15(11-14)13-22-18(19-21-9-10-23(19)2)16-7-4-8-17(20)12-16/h3-12,18,22H,13H2,1-2H3/t18-/m1/s1. The topological polar surface area (TPSA) is 29.9 Å². The van der Waals surface area contributed by atoms with E-state index in [4.69, 9.17) is 0 Å². The van der Waals surface area contributed by atoms with Crippen molar-refractivity contribution in [2.75, 3.05) is 0 Å². The number of aromatic nitrogens is 2. The van der Waals surface area contributed by atoms with Crippen molar-refractivity contribution < 1.29 is 4.39 Å². The molecule has 3 aromatic rings. The molecule has 0 saturated heterocycles. The van der Waals surface area contributed by atoms with E-state index in [1.165, 1.54) is 17.2 Å². The third-order valence-corrected chi connectivity index (χ3v) is 3.89. The van der Waals surface area contributed by atoms with E-state index in [-0.39, 0.29) is 11.9 Å². The minimum atomic E-state index is -0.237. The zero-order valence-corrected chi connectivity index (χ0v) is 13.3. The predicted octanol–water partition coefficient (Wildman–Crippen LogP) is 3.75. The summed E-state index contributed by atoms with van der Waals surface area (Å²) in [6, 6.07) is 14.9. The molecule has 0 bridgehead atoms. The summed E-state index contributed by atoms with van der Waals surface area (Å²) in [5.41, 5.74) is 3.29. The van der Waals surface area contributed by atoms with Gasteiger partial charge in [0.2, 0.25) is 0 Å². The number of imidazole rings is 1. The highest BCUT2D eigenvalue weighted by Crippen LogP contribution is 2.22. The van der Waals surface area contributed by atoms with Crippen LogP contribution in [-0.2, 0) is 13.6 Å². The van der Waals surface area contributed by atoms with Crippen LogP contribution in [0.3, 0.4) is 0 Å². The van der Waals surface area contributed by atoms with Gasteiger partial charge < -0.3 is 4.57 Å². The summed E-state index contributed by atoms with van der Waals surface area (Å²) >= 11 is 0. The molecular weight excluding hydrogens is 289 g/mol. The van der Waals surface area contributed by atoms with E-state index < -0.39 is 0 Å². The highest BCUT2D eigenvalue weighted by molar-refractivity contribution is 5.27. The lowest BCUT2D eigenvalue weighted by Crippen LogP contribution is -2.25. The maximum absolute atomic E-state index is 13.6. The fourth-order valence-corrected chi connectivity index (χ4v) is 2.74. The highest BCUT2D eigenvalue weighted by atomic mass is 19.1. The average Bonchev–Trinajstić information content (AvgIpc) is 2.94. The van der Waals surface area contributed by atoms with Gasteiger partial charge in [0.1, 0.15) is 11.6 Å². The molecular formula is C19H20FN3. The second kappa shape index (κ2) is 6.75. The zero-order chi connectivity index (χ0) is 16.2. The first kappa shape index (κ1) is 15.4. The Morgan fingerprint density at radius 3 is 2.70 bits per heavy atom. The molecule has 3 nitrogen and oxygen atoms in total. The molecule has 1 N–H and O–H groups in total. The minimum Gasteiger partial charge on any atom is -0.336 e. The first-order valence-corrected chi connectivity index (χ1v) is 7.65. The molecule has 118 valence electrons. The number of rotatable bonds is 5. The van der Waals surface area contributed by atoms with E-state index in [1.807, 2.05) is 29.9 Å². The van der Waals surface area contributed by atoms with Crippen molar-refractivity contribution in [1.29, 1.82) is 0 Å². The Balaban J connectivity index is 1.88. The maximum Gasteiger partial charge on any atom is 0.130 e. The molecule has 0 amide bonds. The smallest absolute Gasteiger partial charge is 0.130 e. The van der Waals surface area contributed by atoms with Gasteiger partial charge in [-0.2, -0.15) is 0 Å². The highest BCUT2D eigenvalue weighted by Gasteiger charge is 2.18. The van der Waals surface area contributed by atoms with Crippen molar-refractivity contribution in [1.82, 2.24) is 14.9 Å². The van der Waals surface area contributed by atoms with Crippen molar-refractivity contribution in [3.63, 3.8) is 0 Å². The Kier molecular flexibility index (Phi) is 4.53. The maximum atomic E-state index is 13.6. The number of hydrogen-bond acceptors (Lipinski definition) is 2. The number of halogens is 1. The number of nitrogens with zero attached hydrogens (tertiary/aromatic N) is 2. The lowest BCUT2D eigenvalue weighted by Gasteiger charge is -2.19. The van der Waals surface area contributed by atoms with E-state index in [2.05, 4.69) is 35.4 Å². The molecule has 0 saturated carbocycles. The van der Waals surface area contributed by atoms with Crippen LogP contribution in [0.2, 0.25) is 0 Å². The van der Waals surface area contributed by atoms with Crippen molar-refractivity contribution in [3.8, 4) is 0 Å². The fourth-order valence-electron chi connectivity index (χ4n) is 2.74. The molecule has 1 aromatic heterocycles. The Bertz CT molecular complexity index is 795. The number of nitrogens with one attached hydrogen (secondary N) is 1. The van der Waals surface area contributed by atoms with E-state index >= 15 is 0 Å². The van der Waals surface area contributed by atoms with E-state index in [0.717, 1.165) is 11.4 Å². The predicted molar refractivity (Wildman–Crippen MR) is 89.5 cm³/mol. The van der Waals surface area contributed by atoms with Crippen LogP contribution in [0, 0.1) is 12.7 Å². The molecule has 0 radical (unpaired) electrons. The number of aryl methyl sites for hydroxylation is 2. The van der Waals surface area contributed by atoms with Gasteiger partial charge in [-0.25, -0.2) is 9.37 Å². The Labute approximate surface area is 135 Å². The average molecular weight is 309 g/mol. The molecule has 0 aliphatic carbocycles. The number of benzene rings is 2. The van der Waals surface area contributed by atoms with Gasteiger partial charge in [-0.15, -0.1) is 0 Å². The lowest BCUT2D eigenvalue weighted by atomic mass is 10.0. The third kappa shape index (κ3) is 3.66. The van der Waals surface area contributed by atoms with Crippen LogP contribution in [0.25, 0.3) is 0 Å². The van der Waals surface area contributed by atoms with Crippen molar-refractivity contribution in [2.24, 2.45) is 7.05 Å². The van der Waals surface area contributed by atoms with Crippen molar-refractivity contribution in [3.05, 3.63) is 89.3 Å².